The largest absolute Gasteiger partial charge is 0.240 e. The van der Waals surface area contributed by atoms with Crippen LogP contribution in [0.25, 0.3) is 0 Å². The van der Waals surface area contributed by atoms with Crippen molar-refractivity contribution in [2.45, 2.75) is 11.8 Å². The molecule has 0 atom stereocenters. The smallest absolute Gasteiger partial charge is 0.225 e. The third kappa shape index (κ3) is 1.80. The highest BCUT2D eigenvalue weighted by Crippen LogP contribution is 2.13. The zero-order valence-corrected chi connectivity index (χ0v) is 7.23. The maximum absolute atomic E-state index is 12.9. The number of aryl methyl sites for hydroxylation is 1. The highest BCUT2D eigenvalue weighted by molar-refractivity contribution is 7.89. The molecule has 0 aliphatic heterocycles. The van der Waals surface area contributed by atoms with E-state index in [4.69, 9.17) is 5.14 Å². The summed E-state index contributed by atoms with van der Waals surface area (Å²) in [7, 11) is -3.93. The maximum Gasteiger partial charge on any atom is 0.240 e. The first-order valence-electron chi connectivity index (χ1n) is 3.20. The Bertz CT molecular complexity index is 400. The summed E-state index contributed by atoms with van der Waals surface area (Å²) in [6.45, 7) is 1.66. The van der Waals surface area contributed by atoms with Crippen LogP contribution in [0.1, 0.15) is 5.56 Å². The molecule has 0 bridgehead atoms. The number of primary sulfonamides is 1. The molecule has 12 heavy (non-hydrogen) atoms. The topological polar surface area (TPSA) is 60.2 Å². The molecule has 0 saturated heterocycles. The van der Waals surface area contributed by atoms with E-state index in [1.165, 1.54) is 6.07 Å². The fraction of sp³-hybridized carbons (Fsp3) is 0.143. The standard InChI is InChI=1S/C7H8FNO2S/c1-5-2-3-7(6(8)4-5)12(9,10)11/h2-4H,1H3,(H2,9,10,11). The van der Waals surface area contributed by atoms with Crippen molar-refractivity contribution in [3.8, 4) is 0 Å². The predicted molar refractivity (Wildman–Crippen MR) is 42.5 cm³/mol. The molecule has 66 valence electrons. The van der Waals surface area contributed by atoms with E-state index in [-0.39, 0.29) is 0 Å². The van der Waals surface area contributed by atoms with Crippen LogP contribution in [0.4, 0.5) is 4.39 Å². The molecule has 0 fully saturated rings. The third-order valence-electron chi connectivity index (χ3n) is 1.39. The summed E-state index contributed by atoms with van der Waals surface area (Å²) < 4.78 is 34.3. The van der Waals surface area contributed by atoms with Crippen LogP contribution in [0, 0.1) is 12.7 Å². The van der Waals surface area contributed by atoms with Crippen molar-refractivity contribution < 1.29 is 12.8 Å². The zero-order chi connectivity index (χ0) is 9.35. The van der Waals surface area contributed by atoms with Crippen LogP contribution < -0.4 is 5.14 Å². The van der Waals surface area contributed by atoms with Crippen molar-refractivity contribution in [3.63, 3.8) is 0 Å². The van der Waals surface area contributed by atoms with Gasteiger partial charge in [0.05, 0.1) is 0 Å². The van der Waals surface area contributed by atoms with Gasteiger partial charge in [-0.2, -0.15) is 0 Å². The van der Waals surface area contributed by atoms with Crippen molar-refractivity contribution in [1.82, 2.24) is 0 Å². The van der Waals surface area contributed by atoms with Gasteiger partial charge in [0.1, 0.15) is 10.7 Å². The average Bonchev–Trinajstić information content (AvgIpc) is 1.83. The number of halogens is 1. The summed E-state index contributed by atoms with van der Waals surface area (Å²) in [5, 5.41) is 4.74. The van der Waals surface area contributed by atoms with Gasteiger partial charge in [-0.05, 0) is 24.6 Å². The second kappa shape index (κ2) is 2.84. The number of sulfonamides is 1. The summed E-state index contributed by atoms with van der Waals surface area (Å²) >= 11 is 0. The van der Waals surface area contributed by atoms with Crippen molar-refractivity contribution >= 4 is 10.0 Å². The number of hydrogen-bond acceptors (Lipinski definition) is 2. The lowest BCUT2D eigenvalue weighted by molar-refractivity contribution is 0.567. The minimum absolute atomic E-state index is 0.465. The van der Waals surface area contributed by atoms with Gasteiger partial charge in [-0.1, -0.05) is 6.07 Å². The molecule has 1 aromatic carbocycles. The van der Waals surface area contributed by atoms with Gasteiger partial charge in [0, 0.05) is 0 Å². The van der Waals surface area contributed by atoms with Gasteiger partial charge in [0.15, 0.2) is 0 Å². The zero-order valence-electron chi connectivity index (χ0n) is 6.41. The first-order chi connectivity index (χ1) is 5.41. The summed E-state index contributed by atoms with van der Waals surface area (Å²) in [5.74, 6) is -0.808. The Kier molecular flexibility index (Phi) is 2.16. The van der Waals surface area contributed by atoms with Crippen LogP contribution in [-0.4, -0.2) is 8.42 Å². The summed E-state index contributed by atoms with van der Waals surface area (Å²) in [4.78, 5) is -0.465. The van der Waals surface area contributed by atoms with E-state index in [1.54, 1.807) is 6.92 Å². The molecule has 0 saturated carbocycles. The molecule has 0 unspecified atom stereocenters. The van der Waals surface area contributed by atoms with E-state index < -0.39 is 20.7 Å². The molecule has 0 aliphatic rings. The SMILES string of the molecule is Cc1ccc(S(N)(=O)=O)c(F)c1. The van der Waals surface area contributed by atoms with Gasteiger partial charge in [-0.25, -0.2) is 17.9 Å². The van der Waals surface area contributed by atoms with Crippen LogP contribution in [0.2, 0.25) is 0 Å². The van der Waals surface area contributed by atoms with E-state index in [9.17, 15) is 12.8 Å². The Morgan fingerprint density at radius 1 is 1.42 bits per heavy atom. The van der Waals surface area contributed by atoms with Crippen molar-refractivity contribution in [1.29, 1.82) is 0 Å². The highest BCUT2D eigenvalue weighted by Gasteiger charge is 2.12. The lowest BCUT2D eigenvalue weighted by Crippen LogP contribution is -2.13. The van der Waals surface area contributed by atoms with E-state index in [2.05, 4.69) is 0 Å². The molecule has 3 nitrogen and oxygen atoms in total. The Morgan fingerprint density at radius 2 is 2.00 bits per heavy atom. The average molecular weight is 189 g/mol. The molecular formula is C7H8FNO2S. The first kappa shape index (κ1) is 9.15. The normalized spacial score (nSPS) is 11.6. The number of nitrogens with two attached hydrogens (primary N) is 1. The molecule has 1 rings (SSSR count). The van der Waals surface area contributed by atoms with E-state index in [1.807, 2.05) is 0 Å². The molecule has 1 aromatic rings. The van der Waals surface area contributed by atoms with E-state index in [0.29, 0.717) is 5.56 Å². The summed E-state index contributed by atoms with van der Waals surface area (Å²) in [5.41, 5.74) is 0.653. The van der Waals surface area contributed by atoms with Crippen LogP contribution >= 0.6 is 0 Å². The monoisotopic (exact) mass is 189 g/mol. The minimum Gasteiger partial charge on any atom is -0.225 e. The van der Waals surface area contributed by atoms with E-state index >= 15 is 0 Å². The van der Waals surface area contributed by atoms with Crippen molar-refractivity contribution in [3.05, 3.63) is 29.6 Å². The van der Waals surface area contributed by atoms with Gasteiger partial charge < -0.3 is 0 Å². The van der Waals surface area contributed by atoms with Gasteiger partial charge in [-0.3, -0.25) is 0 Å². The van der Waals surface area contributed by atoms with Crippen molar-refractivity contribution in [2.75, 3.05) is 0 Å². The van der Waals surface area contributed by atoms with E-state index in [0.717, 1.165) is 12.1 Å². The Morgan fingerprint density at radius 3 is 2.42 bits per heavy atom. The second-order valence-corrected chi connectivity index (χ2v) is 4.01. The molecule has 2 N–H and O–H groups in total. The molecule has 0 radical (unpaired) electrons. The van der Waals surface area contributed by atoms with Crippen LogP contribution in [0.5, 0.6) is 0 Å². The number of hydrogen-bond donors (Lipinski definition) is 1. The van der Waals surface area contributed by atoms with Gasteiger partial charge in [0.2, 0.25) is 10.0 Å². The number of benzene rings is 1. The fourth-order valence-electron chi connectivity index (χ4n) is 0.837. The van der Waals surface area contributed by atoms with Crippen molar-refractivity contribution in [2.24, 2.45) is 5.14 Å². The van der Waals surface area contributed by atoms with Gasteiger partial charge in [0.25, 0.3) is 0 Å². The molecule has 0 heterocycles. The second-order valence-electron chi connectivity index (χ2n) is 2.48. The quantitative estimate of drug-likeness (QED) is 0.709. The summed E-state index contributed by atoms with van der Waals surface area (Å²) in [6.07, 6.45) is 0. The van der Waals surface area contributed by atoms with Crippen LogP contribution in [0.3, 0.4) is 0 Å². The third-order valence-corrected chi connectivity index (χ3v) is 2.34. The van der Waals surface area contributed by atoms with Crippen LogP contribution in [-0.2, 0) is 10.0 Å². The first-order valence-corrected chi connectivity index (χ1v) is 4.75. The lowest BCUT2D eigenvalue weighted by Gasteiger charge is -1.99. The molecule has 0 aromatic heterocycles. The van der Waals surface area contributed by atoms with Gasteiger partial charge >= 0.3 is 0 Å². The lowest BCUT2D eigenvalue weighted by atomic mass is 10.2. The number of rotatable bonds is 1. The Balaban J connectivity index is 3.39. The molecule has 0 aliphatic carbocycles. The fourth-order valence-corrected chi connectivity index (χ4v) is 1.43. The Labute approximate surface area is 70.1 Å². The Hall–Kier alpha value is -0.940. The minimum atomic E-state index is -3.93. The predicted octanol–water partition coefficient (Wildman–Crippen LogP) is 0.782. The summed E-state index contributed by atoms with van der Waals surface area (Å²) in [6, 6.07) is 3.77. The highest BCUT2D eigenvalue weighted by atomic mass is 32.2. The molecular weight excluding hydrogens is 181 g/mol. The van der Waals surface area contributed by atoms with Crippen LogP contribution in [0.15, 0.2) is 23.1 Å². The molecule has 5 heteroatoms. The van der Waals surface area contributed by atoms with Gasteiger partial charge in [-0.15, -0.1) is 0 Å². The molecule has 0 spiro atoms. The maximum atomic E-state index is 12.9. The molecule has 0 amide bonds.